The molecule has 13 nitrogen and oxygen atoms in total. The first-order valence-electron chi connectivity index (χ1n) is 13.2. The lowest BCUT2D eigenvalue weighted by molar-refractivity contribution is -0.153. The molecule has 1 saturated heterocycles. The van der Waals surface area contributed by atoms with Crippen LogP contribution in [0.2, 0.25) is 0 Å². The van der Waals surface area contributed by atoms with Crippen molar-refractivity contribution in [1.29, 1.82) is 0 Å². The van der Waals surface area contributed by atoms with E-state index >= 15 is 0 Å². The van der Waals surface area contributed by atoms with Gasteiger partial charge in [0.25, 0.3) is 11.8 Å². The first-order chi connectivity index (χ1) is 18.9. The molecule has 1 heterocycles. The van der Waals surface area contributed by atoms with E-state index in [4.69, 9.17) is 5.73 Å². The van der Waals surface area contributed by atoms with Gasteiger partial charge >= 0.3 is 0 Å². The zero-order valence-corrected chi connectivity index (χ0v) is 22.2. The molecular weight excluding hydrogens is 522 g/mol. The standard InChI is InChI=1S/C27H33N5O8/c1-31(2)20-14-10-13-9-12-5-6-15(29-11-16(33)30-32-7-3-4-8-32)21(34)17(12)22(35)18(13)24(37)27(14,40)25(38)19(23(20)36)26(28)39/h5-6,13-14,20,29,34-35,38,40H,3-4,7-11H2,1-2H3,(H2,28,39)(H,30,33)/t13?,14?,20-,27?/m0/s1. The summed E-state index contributed by atoms with van der Waals surface area (Å²) in [4.78, 5) is 52.8. The number of aliphatic hydroxyl groups excluding tert-OH is 2. The van der Waals surface area contributed by atoms with Crippen LogP contribution in [-0.2, 0) is 25.6 Å². The Hall–Kier alpha value is -3.94. The Morgan fingerprint density at radius 3 is 2.45 bits per heavy atom. The molecule has 1 saturated carbocycles. The SMILES string of the molecule is CN(C)[C@@H]1C(=O)C(C(N)=O)=C(O)C2(O)C(=O)C3=C(O)c4c(ccc(NCC(=O)NN5CCCC5)c4O)CC3CC12. The van der Waals surface area contributed by atoms with Gasteiger partial charge in [-0.15, -0.1) is 0 Å². The Morgan fingerprint density at radius 2 is 1.82 bits per heavy atom. The van der Waals surface area contributed by atoms with Crippen LogP contribution in [0.15, 0.2) is 29.0 Å². The normalized spacial score (nSPS) is 28.4. The zero-order valence-electron chi connectivity index (χ0n) is 22.2. The third-order valence-electron chi connectivity index (χ3n) is 8.42. The highest BCUT2D eigenvalue weighted by atomic mass is 16.3. The number of hydrazine groups is 1. The Labute approximate surface area is 229 Å². The van der Waals surface area contributed by atoms with E-state index in [1.807, 2.05) is 5.01 Å². The summed E-state index contributed by atoms with van der Waals surface area (Å²) in [6.07, 6.45) is 2.19. The van der Waals surface area contributed by atoms with Crippen molar-refractivity contribution in [3.63, 3.8) is 0 Å². The summed E-state index contributed by atoms with van der Waals surface area (Å²) in [7, 11) is 3.09. The number of benzene rings is 1. The number of hydrogen-bond acceptors (Lipinski definition) is 11. The van der Waals surface area contributed by atoms with Crippen molar-refractivity contribution in [3.05, 3.63) is 40.2 Å². The number of primary amides is 1. The Morgan fingerprint density at radius 1 is 1.15 bits per heavy atom. The molecule has 1 aromatic rings. The number of nitrogens with two attached hydrogens (primary N) is 1. The molecule has 1 aliphatic heterocycles. The summed E-state index contributed by atoms with van der Waals surface area (Å²) >= 11 is 0. The fraction of sp³-hybridized carbons (Fsp3) is 0.481. The molecule has 5 rings (SSSR count). The van der Waals surface area contributed by atoms with Crippen LogP contribution in [-0.4, -0.2) is 99.1 Å². The van der Waals surface area contributed by atoms with Gasteiger partial charge in [-0.2, -0.15) is 0 Å². The fourth-order valence-corrected chi connectivity index (χ4v) is 6.58. The minimum atomic E-state index is -2.69. The predicted octanol–water partition coefficient (Wildman–Crippen LogP) is -0.497. The van der Waals surface area contributed by atoms with E-state index in [1.54, 1.807) is 26.2 Å². The van der Waals surface area contributed by atoms with Gasteiger partial charge in [-0.3, -0.25) is 29.5 Å². The van der Waals surface area contributed by atoms with E-state index in [9.17, 15) is 39.6 Å². The number of aromatic hydroxyl groups is 1. The molecule has 0 bridgehead atoms. The smallest absolute Gasteiger partial charge is 0.255 e. The number of ketones is 2. The number of carbonyl (C=O) groups is 4. The van der Waals surface area contributed by atoms with E-state index in [-0.39, 0.29) is 47.9 Å². The molecule has 13 heteroatoms. The highest BCUT2D eigenvalue weighted by molar-refractivity contribution is 6.24. The lowest BCUT2D eigenvalue weighted by Crippen LogP contribution is -2.65. The van der Waals surface area contributed by atoms with Crippen molar-refractivity contribution in [2.75, 3.05) is 39.0 Å². The summed E-state index contributed by atoms with van der Waals surface area (Å²) in [5, 5.41) is 49.6. The summed E-state index contributed by atoms with van der Waals surface area (Å²) in [6.45, 7) is 1.36. The lowest BCUT2D eigenvalue weighted by atomic mass is 9.57. The molecule has 4 atom stereocenters. The van der Waals surface area contributed by atoms with E-state index in [0.717, 1.165) is 25.9 Å². The number of anilines is 1. The first-order valence-corrected chi connectivity index (χ1v) is 13.2. The van der Waals surface area contributed by atoms with Crippen LogP contribution in [0.3, 0.4) is 0 Å². The summed E-state index contributed by atoms with van der Waals surface area (Å²) in [6, 6.07) is 2.09. The second kappa shape index (κ2) is 9.91. The molecule has 214 valence electrons. The summed E-state index contributed by atoms with van der Waals surface area (Å²) in [5.74, 6) is -7.35. The number of aliphatic hydroxyl groups is 3. The molecule has 0 radical (unpaired) electrons. The molecule has 2 amide bonds. The number of fused-ring (bicyclic) bond motifs is 3. The van der Waals surface area contributed by atoms with Crippen molar-refractivity contribution in [2.24, 2.45) is 17.6 Å². The monoisotopic (exact) mass is 555 g/mol. The van der Waals surface area contributed by atoms with Gasteiger partial charge in [-0.05, 0) is 57.3 Å². The molecule has 4 aliphatic rings. The minimum absolute atomic E-state index is 0.0171. The molecule has 3 aliphatic carbocycles. The number of phenols is 1. The highest BCUT2D eigenvalue weighted by Gasteiger charge is 2.64. The number of amides is 2. The zero-order chi connectivity index (χ0) is 29.1. The van der Waals surface area contributed by atoms with Crippen LogP contribution in [0.25, 0.3) is 5.76 Å². The van der Waals surface area contributed by atoms with Crippen molar-refractivity contribution in [3.8, 4) is 5.75 Å². The van der Waals surface area contributed by atoms with Crippen molar-refractivity contribution < 1.29 is 39.6 Å². The number of nitrogens with zero attached hydrogens (tertiary/aromatic N) is 2. The number of Topliss-reactive ketones (excluding diaryl/α,β-unsaturated/α-hetero) is 2. The number of carbonyl (C=O) groups excluding carboxylic acids is 4. The van der Waals surface area contributed by atoms with Crippen LogP contribution in [0.4, 0.5) is 5.69 Å². The summed E-state index contributed by atoms with van der Waals surface area (Å²) < 4.78 is 0. The van der Waals surface area contributed by atoms with Gasteiger partial charge in [-0.25, -0.2) is 5.01 Å². The Bertz CT molecular complexity index is 1380. The number of hydrogen-bond donors (Lipinski definition) is 7. The van der Waals surface area contributed by atoms with Gasteiger partial charge in [0.15, 0.2) is 11.4 Å². The molecule has 0 aromatic heterocycles. The highest BCUT2D eigenvalue weighted by Crippen LogP contribution is 2.53. The Kier molecular flexibility index (Phi) is 6.84. The Balaban J connectivity index is 1.51. The molecule has 2 fully saturated rings. The van der Waals surface area contributed by atoms with Crippen LogP contribution < -0.4 is 16.5 Å². The molecular formula is C27H33N5O8. The number of rotatable bonds is 6. The van der Waals surface area contributed by atoms with Crippen molar-refractivity contribution >= 4 is 34.8 Å². The molecule has 0 spiro atoms. The van der Waals surface area contributed by atoms with E-state index < -0.39 is 58.0 Å². The number of likely N-dealkylation sites (N-methyl/N-ethyl adjacent to an activating group) is 1. The van der Waals surface area contributed by atoms with E-state index in [1.165, 1.54) is 4.90 Å². The maximum absolute atomic E-state index is 13.9. The van der Waals surface area contributed by atoms with Crippen LogP contribution >= 0.6 is 0 Å². The van der Waals surface area contributed by atoms with E-state index in [0.29, 0.717) is 5.56 Å². The fourth-order valence-electron chi connectivity index (χ4n) is 6.58. The molecule has 1 aromatic carbocycles. The maximum Gasteiger partial charge on any atom is 0.255 e. The second-order valence-electron chi connectivity index (χ2n) is 11.0. The van der Waals surface area contributed by atoms with E-state index in [2.05, 4.69) is 10.7 Å². The van der Waals surface area contributed by atoms with Gasteiger partial charge in [0, 0.05) is 24.6 Å². The largest absolute Gasteiger partial charge is 0.508 e. The van der Waals surface area contributed by atoms with Gasteiger partial charge in [0.2, 0.25) is 5.78 Å². The number of nitrogens with one attached hydrogen (secondary N) is 2. The predicted molar refractivity (Wildman–Crippen MR) is 142 cm³/mol. The van der Waals surface area contributed by atoms with Crippen LogP contribution in [0.1, 0.15) is 30.4 Å². The lowest BCUT2D eigenvalue weighted by Gasteiger charge is -2.50. The molecule has 8 N–H and O–H groups in total. The second-order valence-corrected chi connectivity index (χ2v) is 11.0. The van der Waals surface area contributed by atoms with Crippen LogP contribution in [0.5, 0.6) is 5.75 Å². The average molecular weight is 556 g/mol. The maximum atomic E-state index is 13.9. The summed E-state index contributed by atoms with van der Waals surface area (Å²) in [5.41, 5.74) is 4.97. The van der Waals surface area contributed by atoms with Gasteiger partial charge in [-0.1, -0.05) is 6.07 Å². The molecule has 3 unspecified atom stereocenters. The van der Waals surface area contributed by atoms with Gasteiger partial charge in [0.1, 0.15) is 22.8 Å². The minimum Gasteiger partial charge on any atom is -0.508 e. The van der Waals surface area contributed by atoms with Crippen LogP contribution in [0, 0.1) is 11.8 Å². The average Bonchev–Trinajstić information content (AvgIpc) is 3.38. The van der Waals surface area contributed by atoms with Gasteiger partial charge < -0.3 is 31.5 Å². The third-order valence-corrected chi connectivity index (χ3v) is 8.42. The van der Waals surface area contributed by atoms with Crippen molar-refractivity contribution in [2.45, 2.75) is 37.3 Å². The van der Waals surface area contributed by atoms with Gasteiger partial charge in [0.05, 0.1) is 23.8 Å². The quantitative estimate of drug-likeness (QED) is 0.176. The number of phenolic OH excluding ortho intramolecular Hbond substituents is 1. The van der Waals surface area contributed by atoms with Crippen molar-refractivity contribution in [1.82, 2.24) is 15.3 Å². The third kappa shape index (κ3) is 4.12. The first kappa shape index (κ1) is 27.6. The topological polar surface area (TPSA) is 206 Å². The molecule has 40 heavy (non-hydrogen) atoms.